The van der Waals surface area contributed by atoms with Crippen LogP contribution in [0.4, 0.5) is 0 Å². The standard InChI is InChI=1S/C23H17NO7/c25-20(16-12-14-6-1-3-8-18(14)30-22(16)27)24-10-5-11-29-21(26)17-13-15-7-2-4-9-19(15)31-23(17)28/h1-4,6-9,12-13H,5,10-11H2,(H,24,25). The van der Waals surface area contributed by atoms with Crippen molar-refractivity contribution in [3.8, 4) is 0 Å². The summed E-state index contributed by atoms with van der Waals surface area (Å²) in [5.41, 5.74) is -1.04. The van der Waals surface area contributed by atoms with Gasteiger partial charge in [-0.2, -0.15) is 0 Å². The van der Waals surface area contributed by atoms with Gasteiger partial charge in [-0.3, -0.25) is 4.79 Å². The summed E-state index contributed by atoms with van der Waals surface area (Å²) in [7, 11) is 0. The van der Waals surface area contributed by atoms with Crippen LogP contribution in [0, 0.1) is 0 Å². The Morgan fingerprint density at radius 2 is 1.35 bits per heavy atom. The van der Waals surface area contributed by atoms with Crippen LogP contribution in [-0.2, 0) is 4.74 Å². The van der Waals surface area contributed by atoms with Crippen molar-refractivity contribution in [2.45, 2.75) is 6.42 Å². The fraction of sp³-hybridized carbons (Fsp3) is 0.130. The molecule has 31 heavy (non-hydrogen) atoms. The van der Waals surface area contributed by atoms with E-state index < -0.39 is 23.1 Å². The van der Waals surface area contributed by atoms with Gasteiger partial charge < -0.3 is 18.9 Å². The van der Waals surface area contributed by atoms with E-state index in [1.54, 1.807) is 48.5 Å². The third-order valence-electron chi connectivity index (χ3n) is 4.59. The molecule has 0 bridgehead atoms. The second kappa shape index (κ2) is 8.66. The van der Waals surface area contributed by atoms with Crippen molar-refractivity contribution in [2.24, 2.45) is 0 Å². The molecule has 1 amide bonds. The van der Waals surface area contributed by atoms with E-state index in [1.807, 2.05) is 0 Å². The number of ether oxygens (including phenoxy) is 1. The lowest BCUT2D eigenvalue weighted by Crippen LogP contribution is -2.29. The molecule has 2 heterocycles. The highest BCUT2D eigenvalue weighted by Crippen LogP contribution is 2.14. The molecule has 0 fully saturated rings. The molecule has 2 aromatic carbocycles. The van der Waals surface area contributed by atoms with Crippen molar-refractivity contribution in [1.82, 2.24) is 5.32 Å². The Morgan fingerprint density at radius 1 is 0.806 bits per heavy atom. The van der Waals surface area contributed by atoms with E-state index in [0.29, 0.717) is 21.9 Å². The first-order valence-corrected chi connectivity index (χ1v) is 9.54. The molecule has 8 nitrogen and oxygen atoms in total. The number of benzene rings is 2. The van der Waals surface area contributed by atoms with Crippen molar-refractivity contribution < 1.29 is 23.2 Å². The van der Waals surface area contributed by atoms with Crippen molar-refractivity contribution >= 4 is 33.8 Å². The van der Waals surface area contributed by atoms with Crippen LogP contribution in [0.2, 0.25) is 0 Å². The van der Waals surface area contributed by atoms with Crippen molar-refractivity contribution in [2.75, 3.05) is 13.2 Å². The monoisotopic (exact) mass is 419 g/mol. The number of rotatable bonds is 6. The van der Waals surface area contributed by atoms with Crippen LogP contribution >= 0.6 is 0 Å². The molecule has 4 rings (SSSR count). The molecule has 2 aromatic heterocycles. The topological polar surface area (TPSA) is 116 Å². The molecule has 1 N–H and O–H groups in total. The van der Waals surface area contributed by atoms with Crippen LogP contribution in [0.1, 0.15) is 27.1 Å². The first kappa shape index (κ1) is 20.1. The highest BCUT2D eigenvalue weighted by atomic mass is 16.5. The summed E-state index contributed by atoms with van der Waals surface area (Å²) in [4.78, 5) is 48.4. The molecule has 0 spiro atoms. The number of para-hydroxylation sites is 2. The van der Waals surface area contributed by atoms with Crippen LogP contribution in [0.15, 0.2) is 79.1 Å². The Morgan fingerprint density at radius 3 is 2.00 bits per heavy atom. The van der Waals surface area contributed by atoms with Gasteiger partial charge in [-0.15, -0.1) is 0 Å². The first-order chi connectivity index (χ1) is 15.0. The summed E-state index contributed by atoms with van der Waals surface area (Å²) < 4.78 is 15.3. The van der Waals surface area contributed by atoms with E-state index >= 15 is 0 Å². The normalized spacial score (nSPS) is 10.8. The summed E-state index contributed by atoms with van der Waals surface area (Å²) in [5, 5.41) is 3.82. The molecule has 0 aliphatic heterocycles. The number of amides is 1. The Hall–Kier alpha value is -4.20. The Kier molecular flexibility index (Phi) is 5.61. The van der Waals surface area contributed by atoms with Crippen molar-refractivity contribution in [1.29, 1.82) is 0 Å². The smallest absolute Gasteiger partial charge is 0.351 e. The third kappa shape index (κ3) is 4.37. The maximum absolute atomic E-state index is 12.3. The van der Waals surface area contributed by atoms with Gasteiger partial charge in [-0.25, -0.2) is 14.4 Å². The van der Waals surface area contributed by atoms with Gasteiger partial charge >= 0.3 is 17.2 Å². The predicted molar refractivity (Wildman–Crippen MR) is 112 cm³/mol. The zero-order valence-corrected chi connectivity index (χ0v) is 16.3. The van der Waals surface area contributed by atoms with Crippen LogP contribution in [0.5, 0.6) is 0 Å². The molecule has 156 valence electrons. The van der Waals surface area contributed by atoms with E-state index in [2.05, 4.69) is 5.32 Å². The summed E-state index contributed by atoms with van der Waals surface area (Å²) in [6.07, 6.45) is 0.287. The molecule has 0 saturated heterocycles. The van der Waals surface area contributed by atoms with Gasteiger partial charge in [0.2, 0.25) is 0 Å². The van der Waals surface area contributed by atoms with Gasteiger partial charge in [0.25, 0.3) is 5.91 Å². The molecule has 0 atom stereocenters. The maximum Gasteiger partial charge on any atom is 0.351 e. The number of nitrogens with one attached hydrogen (secondary N) is 1. The fourth-order valence-electron chi connectivity index (χ4n) is 3.04. The van der Waals surface area contributed by atoms with Gasteiger partial charge in [-0.1, -0.05) is 36.4 Å². The Labute approximate surface area is 175 Å². The van der Waals surface area contributed by atoms with Gasteiger partial charge in [0.15, 0.2) is 0 Å². The third-order valence-corrected chi connectivity index (χ3v) is 4.59. The lowest BCUT2D eigenvalue weighted by atomic mass is 10.2. The molecule has 0 unspecified atom stereocenters. The van der Waals surface area contributed by atoms with E-state index in [0.717, 1.165) is 0 Å². The lowest BCUT2D eigenvalue weighted by Gasteiger charge is -2.07. The van der Waals surface area contributed by atoms with Gasteiger partial charge in [0, 0.05) is 17.3 Å². The van der Waals surface area contributed by atoms with E-state index in [4.69, 9.17) is 13.6 Å². The SMILES string of the molecule is O=C(NCCCOC(=O)c1cc2ccccc2oc1=O)c1cc2ccccc2oc1=O. The van der Waals surface area contributed by atoms with Gasteiger partial charge in [0.05, 0.1) is 6.61 Å². The molecule has 8 heteroatoms. The zero-order chi connectivity index (χ0) is 21.8. The van der Waals surface area contributed by atoms with E-state index in [-0.39, 0.29) is 30.7 Å². The zero-order valence-electron chi connectivity index (χ0n) is 16.3. The quantitative estimate of drug-likeness (QED) is 0.290. The summed E-state index contributed by atoms with van der Waals surface area (Å²) in [6, 6.07) is 16.6. The molecule has 0 radical (unpaired) electrons. The van der Waals surface area contributed by atoms with Crippen LogP contribution in [0.3, 0.4) is 0 Å². The van der Waals surface area contributed by atoms with Crippen LogP contribution in [0.25, 0.3) is 21.9 Å². The number of hydrogen-bond acceptors (Lipinski definition) is 7. The van der Waals surface area contributed by atoms with Crippen molar-refractivity contribution in [3.63, 3.8) is 0 Å². The van der Waals surface area contributed by atoms with Gasteiger partial charge in [0.1, 0.15) is 22.3 Å². The molecule has 0 aliphatic rings. The van der Waals surface area contributed by atoms with Crippen molar-refractivity contribution in [3.05, 3.63) is 92.6 Å². The number of esters is 1. The minimum absolute atomic E-state index is 0.0301. The number of carbonyl (C=O) groups is 2. The highest BCUT2D eigenvalue weighted by Gasteiger charge is 2.16. The largest absolute Gasteiger partial charge is 0.462 e. The number of carbonyl (C=O) groups excluding carboxylic acids is 2. The highest BCUT2D eigenvalue weighted by molar-refractivity contribution is 5.96. The predicted octanol–water partition coefficient (Wildman–Crippen LogP) is 2.88. The Bertz CT molecular complexity index is 1290. The Balaban J connectivity index is 1.31. The summed E-state index contributed by atoms with van der Waals surface area (Å²) >= 11 is 0. The van der Waals surface area contributed by atoms with E-state index in [1.165, 1.54) is 12.1 Å². The molecular weight excluding hydrogens is 402 g/mol. The molecule has 4 aromatic rings. The second-order valence-electron chi connectivity index (χ2n) is 6.72. The molecular formula is C23H17NO7. The fourth-order valence-corrected chi connectivity index (χ4v) is 3.04. The summed E-state index contributed by atoms with van der Waals surface area (Å²) in [5.74, 6) is -1.39. The second-order valence-corrected chi connectivity index (χ2v) is 6.72. The minimum atomic E-state index is -0.805. The van der Waals surface area contributed by atoms with Crippen LogP contribution in [-0.4, -0.2) is 25.0 Å². The van der Waals surface area contributed by atoms with Crippen LogP contribution < -0.4 is 16.6 Å². The number of hydrogen-bond donors (Lipinski definition) is 1. The molecule has 0 aliphatic carbocycles. The van der Waals surface area contributed by atoms with E-state index in [9.17, 15) is 19.2 Å². The minimum Gasteiger partial charge on any atom is -0.462 e. The average Bonchev–Trinajstić information content (AvgIpc) is 2.77. The first-order valence-electron chi connectivity index (χ1n) is 9.54. The summed E-state index contributed by atoms with van der Waals surface area (Å²) in [6.45, 7) is 0.127. The van der Waals surface area contributed by atoms with Gasteiger partial charge in [-0.05, 0) is 30.7 Å². The average molecular weight is 419 g/mol. The molecule has 0 saturated carbocycles. The number of fused-ring (bicyclic) bond motifs is 2. The lowest BCUT2D eigenvalue weighted by molar-refractivity contribution is 0.0496. The maximum atomic E-state index is 12.3.